The molecule has 1 amide bonds. The molecule has 0 bridgehead atoms. The van der Waals surface area contributed by atoms with Crippen molar-refractivity contribution in [2.24, 2.45) is 0 Å². The van der Waals surface area contributed by atoms with Crippen molar-refractivity contribution in [3.63, 3.8) is 0 Å². The van der Waals surface area contributed by atoms with Gasteiger partial charge >= 0.3 is 5.97 Å². The smallest absolute Gasteiger partial charge is 0.326 e. The van der Waals surface area contributed by atoms with Crippen LogP contribution in [0.1, 0.15) is 51.4 Å². The average molecular weight is 630 g/mol. The van der Waals surface area contributed by atoms with Crippen LogP contribution in [0, 0.1) is 12.7 Å². The minimum absolute atomic E-state index is 0.0238. The normalized spacial score (nSPS) is 16.6. The SMILES string of the molecule is Cc1ccc(-c2ccc(C(=O)NC(Cc3ccc(-c4noc(C5CC5c5ccc(Br)cc5)n4)c(F)c3)C(=O)O)o2)cc1. The van der Waals surface area contributed by atoms with Crippen molar-refractivity contribution in [2.75, 3.05) is 0 Å². The summed E-state index contributed by atoms with van der Waals surface area (Å²) in [4.78, 5) is 29.1. The Morgan fingerprint density at radius 2 is 1.81 bits per heavy atom. The van der Waals surface area contributed by atoms with Crippen molar-refractivity contribution in [3.8, 4) is 22.7 Å². The number of amides is 1. The zero-order valence-electron chi connectivity index (χ0n) is 22.4. The van der Waals surface area contributed by atoms with Gasteiger partial charge in [0, 0.05) is 22.4 Å². The second kappa shape index (κ2) is 11.4. The standard InChI is InChI=1S/C32H25BrFN3O5/c1-17-2-5-20(6-3-17)27-12-13-28(41-27)30(38)35-26(32(39)40)15-18-4-11-22(25(34)14-18)29-36-31(42-37-29)24-16-23(24)19-7-9-21(33)10-8-19/h2-14,23-24,26H,15-16H2,1H3,(H,35,38)(H,39,40). The molecule has 2 aromatic heterocycles. The van der Waals surface area contributed by atoms with Gasteiger partial charge in [-0.05, 0) is 66.8 Å². The maximum atomic E-state index is 15.1. The molecule has 6 rings (SSSR count). The Morgan fingerprint density at radius 3 is 2.52 bits per heavy atom. The Labute approximate surface area is 248 Å². The number of carboxylic acid groups (broad SMARTS) is 1. The van der Waals surface area contributed by atoms with Crippen molar-refractivity contribution in [1.82, 2.24) is 15.5 Å². The van der Waals surface area contributed by atoms with E-state index in [0.717, 1.165) is 22.0 Å². The summed E-state index contributed by atoms with van der Waals surface area (Å²) < 4.78 is 27.2. The number of aryl methyl sites for hydroxylation is 1. The molecule has 1 fully saturated rings. The van der Waals surface area contributed by atoms with Crippen LogP contribution >= 0.6 is 15.9 Å². The Morgan fingerprint density at radius 1 is 1.05 bits per heavy atom. The van der Waals surface area contributed by atoms with E-state index in [2.05, 4.69) is 43.5 Å². The van der Waals surface area contributed by atoms with Gasteiger partial charge < -0.3 is 19.4 Å². The number of carboxylic acids is 1. The molecule has 10 heteroatoms. The molecule has 42 heavy (non-hydrogen) atoms. The number of carbonyl (C=O) groups is 2. The van der Waals surface area contributed by atoms with Crippen LogP contribution in [-0.2, 0) is 11.2 Å². The number of rotatable bonds is 9. The third-order valence-electron chi connectivity index (χ3n) is 7.33. The van der Waals surface area contributed by atoms with Crippen LogP contribution in [-0.4, -0.2) is 33.2 Å². The number of aromatic nitrogens is 2. The molecule has 5 aromatic rings. The van der Waals surface area contributed by atoms with E-state index < -0.39 is 23.7 Å². The molecular weight excluding hydrogens is 605 g/mol. The summed E-state index contributed by atoms with van der Waals surface area (Å²) in [5, 5.41) is 16.2. The maximum absolute atomic E-state index is 15.1. The largest absolute Gasteiger partial charge is 0.480 e. The number of benzene rings is 3. The summed E-state index contributed by atoms with van der Waals surface area (Å²) in [5.41, 5.74) is 3.58. The lowest BCUT2D eigenvalue weighted by atomic mass is 10.0. The predicted octanol–water partition coefficient (Wildman–Crippen LogP) is 6.90. The molecule has 0 spiro atoms. The number of aliphatic carboxylic acids is 1. The third-order valence-corrected chi connectivity index (χ3v) is 7.86. The first-order valence-electron chi connectivity index (χ1n) is 13.3. The molecular formula is C32H25BrFN3O5. The highest BCUT2D eigenvalue weighted by Gasteiger charge is 2.43. The summed E-state index contributed by atoms with van der Waals surface area (Å²) in [5.74, 6) is -1.16. The van der Waals surface area contributed by atoms with Gasteiger partial charge in [0.05, 0.1) is 5.56 Å². The third kappa shape index (κ3) is 5.89. The summed E-state index contributed by atoms with van der Waals surface area (Å²) in [6.07, 6.45) is 0.733. The molecule has 2 N–H and O–H groups in total. The summed E-state index contributed by atoms with van der Waals surface area (Å²) in [7, 11) is 0. The number of nitrogens with zero attached hydrogens (tertiary/aromatic N) is 2. The van der Waals surface area contributed by atoms with Crippen LogP contribution in [0.25, 0.3) is 22.7 Å². The molecule has 1 aliphatic rings. The van der Waals surface area contributed by atoms with E-state index in [4.69, 9.17) is 8.94 Å². The van der Waals surface area contributed by atoms with Crippen LogP contribution in [0.4, 0.5) is 4.39 Å². The molecule has 3 aromatic carbocycles. The van der Waals surface area contributed by atoms with Gasteiger partial charge in [-0.3, -0.25) is 4.79 Å². The highest BCUT2D eigenvalue weighted by molar-refractivity contribution is 9.10. The summed E-state index contributed by atoms with van der Waals surface area (Å²) in [6, 6.07) is 21.8. The molecule has 8 nitrogen and oxygen atoms in total. The second-order valence-corrected chi connectivity index (χ2v) is 11.3. The van der Waals surface area contributed by atoms with Crippen molar-refractivity contribution < 1.29 is 28.0 Å². The highest BCUT2D eigenvalue weighted by atomic mass is 79.9. The fraction of sp³-hybridized carbons (Fsp3) is 0.188. The molecule has 3 unspecified atom stereocenters. The predicted molar refractivity (Wildman–Crippen MR) is 155 cm³/mol. The molecule has 0 saturated heterocycles. The zero-order chi connectivity index (χ0) is 29.4. The van der Waals surface area contributed by atoms with Crippen molar-refractivity contribution >= 4 is 27.8 Å². The first-order chi connectivity index (χ1) is 20.2. The number of hydrogen-bond donors (Lipinski definition) is 2. The Balaban J connectivity index is 1.11. The first kappa shape index (κ1) is 27.6. The van der Waals surface area contributed by atoms with Crippen molar-refractivity contribution in [1.29, 1.82) is 0 Å². The van der Waals surface area contributed by atoms with Crippen LogP contribution < -0.4 is 5.32 Å². The van der Waals surface area contributed by atoms with Gasteiger partial charge in [0.15, 0.2) is 5.76 Å². The van der Waals surface area contributed by atoms with Crippen molar-refractivity contribution in [3.05, 3.63) is 117 Å². The van der Waals surface area contributed by atoms with E-state index in [9.17, 15) is 14.7 Å². The molecule has 212 valence electrons. The van der Waals surface area contributed by atoms with Gasteiger partial charge in [-0.25, -0.2) is 9.18 Å². The van der Waals surface area contributed by atoms with Gasteiger partial charge in [0.1, 0.15) is 17.6 Å². The molecule has 3 atom stereocenters. The molecule has 2 heterocycles. The number of halogens is 2. The van der Waals surface area contributed by atoms with Gasteiger partial charge in [-0.1, -0.05) is 69.1 Å². The molecule has 1 saturated carbocycles. The van der Waals surface area contributed by atoms with E-state index in [1.54, 1.807) is 12.1 Å². The molecule has 0 aliphatic heterocycles. The van der Waals surface area contributed by atoms with Crippen LogP contribution in [0.3, 0.4) is 0 Å². The lowest BCUT2D eigenvalue weighted by Crippen LogP contribution is -2.42. The fourth-order valence-electron chi connectivity index (χ4n) is 4.91. The lowest BCUT2D eigenvalue weighted by molar-refractivity contribution is -0.139. The van der Waals surface area contributed by atoms with E-state index in [-0.39, 0.29) is 35.4 Å². The maximum Gasteiger partial charge on any atom is 0.326 e. The first-order valence-corrected chi connectivity index (χ1v) is 14.1. The minimum atomic E-state index is -1.31. The number of carbonyl (C=O) groups excluding carboxylic acids is 1. The van der Waals surface area contributed by atoms with Gasteiger partial charge in [-0.15, -0.1) is 0 Å². The molecule has 1 aliphatic carbocycles. The highest BCUT2D eigenvalue weighted by Crippen LogP contribution is 2.54. The quantitative estimate of drug-likeness (QED) is 0.182. The minimum Gasteiger partial charge on any atom is -0.480 e. The van der Waals surface area contributed by atoms with E-state index in [0.29, 0.717) is 17.2 Å². The average Bonchev–Trinajstić information content (AvgIpc) is 3.36. The van der Waals surface area contributed by atoms with Crippen LogP contribution in [0.5, 0.6) is 0 Å². The Bertz CT molecular complexity index is 1760. The summed E-state index contributed by atoms with van der Waals surface area (Å²) in [6.45, 7) is 1.97. The van der Waals surface area contributed by atoms with E-state index >= 15 is 4.39 Å². The monoisotopic (exact) mass is 629 g/mol. The lowest BCUT2D eigenvalue weighted by Gasteiger charge is -2.14. The van der Waals surface area contributed by atoms with Gasteiger partial charge in [0.2, 0.25) is 11.7 Å². The Kier molecular flexibility index (Phi) is 7.47. The van der Waals surface area contributed by atoms with Crippen molar-refractivity contribution in [2.45, 2.75) is 37.6 Å². The van der Waals surface area contributed by atoms with E-state index in [1.807, 2.05) is 43.3 Å². The van der Waals surface area contributed by atoms with Crippen LogP contribution in [0.2, 0.25) is 0 Å². The zero-order valence-corrected chi connectivity index (χ0v) is 24.0. The second-order valence-electron chi connectivity index (χ2n) is 10.4. The van der Waals surface area contributed by atoms with Gasteiger partial charge in [-0.2, -0.15) is 4.98 Å². The fourth-order valence-corrected chi connectivity index (χ4v) is 5.17. The Hall–Kier alpha value is -4.57. The van der Waals surface area contributed by atoms with E-state index in [1.165, 1.54) is 23.8 Å². The number of hydrogen-bond acceptors (Lipinski definition) is 6. The van der Waals surface area contributed by atoms with Gasteiger partial charge in [0.25, 0.3) is 5.91 Å². The van der Waals surface area contributed by atoms with Crippen LogP contribution in [0.15, 0.2) is 92.3 Å². The number of furan rings is 1. The topological polar surface area (TPSA) is 118 Å². The molecule has 0 radical (unpaired) electrons. The summed E-state index contributed by atoms with van der Waals surface area (Å²) >= 11 is 3.44. The number of nitrogens with one attached hydrogen (secondary N) is 1.